The van der Waals surface area contributed by atoms with Crippen molar-refractivity contribution in [3.8, 4) is 5.75 Å². The number of methoxy groups -OCH3 is 1. The van der Waals surface area contributed by atoms with Gasteiger partial charge in [0.15, 0.2) is 13.5 Å². The maximum atomic E-state index is 12.2. The smallest absolute Gasteiger partial charge is 0.312 e. The van der Waals surface area contributed by atoms with Gasteiger partial charge in [-0.25, -0.2) is 0 Å². The summed E-state index contributed by atoms with van der Waals surface area (Å²) in [5.41, 5.74) is 1.58. The Morgan fingerprint density at radius 3 is 2.59 bits per heavy atom. The molecule has 1 aromatic heterocycles. The summed E-state index contributed by atoms with van der Waals surface area (Å²) in [6.07, 6.45) is 2.90. The van der Waals surface area contributed by atoms with E-state index in [0.717, 1.165) is 35.2 Å². The van der Waals surface area contributed by atoms with E-state index in [-0.39, 0.29) is 19.5 Å². The van der Waals surface area contributed by atoms with Crippen LogP contribution in [0.5, 0.6) is 5.75 Å². The lowest BCUT2D eigenvalue weighted by Crippen LogP contribution is -2.23. The van der Waals surface area contributed by atoms with Crippen molar-refractivity contribution in [1.29, 1.82) is 0 Å². The number of likely N-dealkylation sites (N-methyl/N-ethyl adjacent to an activating group) is 1. The summed E-state index contributed by atoms with van der Waals surface area (Å²) < 4.78 is 23.8. The maximum absolute atomic E-state index is 12.2. The van der Waals surface area contributed by atoms with E-state index in [1.165, 1.54) is 0 Å². The number of aromatic nitrogens is 1. The third-order valence-electron chi connectivity index (χ3n) is 4.45. The zero-order chi connectivity index (χ0) is 21.4. The summed E-state index contributed by atoms with van der Waals surface area (Å²) in [5, 5.41) is 1.02. The number of ether oxygens (including phenoxy) is 4. The predicted octanol–water partition coefficient (Wildman–Crippen LogP) is 3.29. The summed E-state index contributed by atoms with van der Waals surface area (Å²) in [6.45, 7) is 7.77. The van der Waals surface area contributed by atoms with E-state index in [9.17, 15) is 4.79 Å². The first-order valence-electron chi connectivity index (χ1n) is 9.86. The minimum Gasteiger partial charge on any atom is -0.467 e. The average molecular weight is 407 g/mol. The number of carbonyl (C=O) groups excluding carboxylic acids is 1. The molecule has 0 N–H and O–H groups in total. The van der Waals surface area contributed by atoms with E-state index in [2.05, 4.69) is 4.90 Å². The van der Waals surface area contributed by atoms with Gasteiger partial charge in [0.25, 0.3) is 0 Å². The SMILES string of the molecule is COCCOCOc1cccc2c1c(CCN(C)C)cn2COC(=O)C(C)(C)C. The minimum atomic E-state index is -0.537. The van der Waals surface area contributed by atoms with Crippen molar-refractivity contribution in [2.24, 2.45) is 5.41 Å². The Bertz CT molecular complexity index is 792. The lowest BCUT2D eigenvalue weighted by molar-refractivity contribution is -0.156. The molecule has 7 heteroatoms. The molecule has 0 aliphatic heterocycles. The summed E-state index contributed by atoms with van der Waals surface area (Å²) in [5.74, 6) is 0.530. The monoisotopic (exact) mass is 406 g/mol. The predicted molar refractivity (Wildman–Crippen MR) is 113 cm³/mol. The molecular formula is C22H34N2O5. The molecule has 0 spiro atoms. The number of carbonyl (C=O) groups is 1. The van der Waals surface area contributed by atoms with Gasteiger partial charge in [0, 0.05) is 25.2 Å². The van der Waals surface area contributed by atoms with Gasteiger partial charge in [-0.1, -0.05) is 6.07 Å². The summed E-state index contributed by atoms with van der Waals surface area (Å²) in [7, 11) is 5.73. The molecule has 0 saturated heterocycles. The van der Waals surface area contributed by atoms with E-state index in [0.29, 0.717) is 13.2 Å². The normalized spacial score (nSPS) is 12.0. The van der Waals surface area contributed by atoms with Gasteiger partial charge < -0.3 is 28.4 Å². The minimum absolute atomic E-state index is 0.153. The van der Waals surface area contributed by atoms with Gasteiger partial charge in [0.05, 0.1) is 24.1 Å². The van der Waals surface area contributed by atoms with E-state index in [4.69, 9.17) is 18.9 Å². The molecule has 1 aromatic carbocycles. The number of esters is 1. The third kappa shape index (κ3) is 6.73. The molecular weight excluding hydrogens is 372 g/mol. The summed E-state index contributed by atoms with van der Waals surface area (Å²) in [6, 6.07) is 5.88. The number of rotatable bonds is 11. The lowest BCUT2D eigenvalue weighted by atomic mass is 9.98. The van der Waals surface area contributed by atoms with Crippen molar-refractivity contribution in [3.05, 3.63) is 30.0 Å². The second-order valence-corrected chi connectivity index (χ2v) is 8.30. The van der Waals surface area contributed by atoms with Crippen LogP contribution in [0.1, 0.15) is 26.3 Å². The van der Waals surface area contributed by atoms with Gasteiger partial charge in [0.1, 0.15) is 5.75 Å². The maximum Gasteiger partial charge on any atom is 0.312 e. The highest BCUT2D eigenvalue weighted by Gasteiger charge is 2.23. The second-order valence-electron chi connectivity index (χ2n) is 8.30. The molecule has 162 valence electrons. The molecule has 0 radical (unpaired) electrons. The molecule has 0 aliphatic rings. The number of benzene rings is 1. The van der Waals surface area contributed by atoms with Crippen LogP contribution in [0.25, 0.3) is 10.9 Å². The van der Waals surface area contributed by atoms with Crippen LogP contribution in [0, 0.1) is 5.41 Å². The van der Waals surface area contributed by atoms with Crippen molar-refractivity contribution in [2.45, 2.75) is 33.9 Å². The van der Waals surface area contributed by atoms with Crippen LogP contribution in [-0.4, -0.2) is 63.2 Å². The fourth-order valence-electron chi connectivity index (χ4n) is 2.82. The highest BCUT2D eigenvalue weighted by atomic mass is 16.7. The molecule has 0 bridgehead atoms. The number of fused-ring (bicyclic) bond motifs is 1. The molecule has 1 heterocycles. The Labute approximate surface area is 173 Å². The largest absolute Gasteiger partial charge is 0.467 e. The van der Waals surface area contributed by atoms with Crippen LogP contribution in [0.15, 0.2) is 24.4 Å². The van der Waals surface area contributed by atoms with E-state index < -0.39 is 5.41 Å². The highest BCUT2D eigenvalue weighted by molar-refractivity contribution is 5.90. The van der Waals surface area contributed by atoms with Crippen LogP contribution >= 0.6 is 0 Å². The van der Waals surface area contributed by atoms with Gasteiger partial charge in [-0.15, -0.1) is 0 Å². The van der Waals surface area contributed by atoms with Crippen molar-refractivity contribution in [2.75, 3.05) is 47.8 Å². The molecule has 2 rings (SSSR count). The van der Waals surface area contributed by atoms with E-state index in [1.807, 2.05) is 63.8 Å². The molecule has 2 aromatic rings. The molecule has 0 unspecified atom stereocenters. The fraction of sp³-hybridized carbons (Fsp3) is 0.591. The van der Waals surface area contributed by atoms with Crippen molar-refractivity contribution in [3.63, 3.8) is 0 Å². The summed E-state index contributed by atoms with van der Waals surface area (Å²) >= 11 is 0. The van der Waals surface area contributed by atoms with E-state index >= 15 is 0 Å². The van der Waals surface area contributed by atoms with E-state index in [1.54, 1.807) is 7.11 Å². The standard InChI is InChI=1S/C22H34N2O5/c1-22(2,3)21(25)28-15-24-14-17(10-11-23(4)5)20-18(24)8-7-9-19(20)29-16-27-13-12-26-6/h7-9,14H,10-13,15-16H2,1-6H3. The molecule has 7 nitrogen and oxygen atoms in total. The van der Waals surface area contributed by atoms with Gasteiger partial charge in [0.2, 0.25) is 0 Å². The van der Waals surface area contributed by atoms with Crippen molar-refractivity contribution >= 4 is 16.9 Å². The first-order chi connectivity index (χ1) is 13.7. The lowest BCUT2D eigenvalue weighted by Gasteiger charge is -2.17. The number of hydrogen-bond donors (Lipinski definition) is 0. The van der Waals surface area contributed by atoms with Gasteiger partial charge in [-0.3, -0.25) is 4.79 Å². The van der Waals surface area contributed by atoms with Crippen molar-refractivity contribution < 1.29 is 23.7 Å². The molecule has 0 saturated carbocycles. The van der Waals surface area contributed by atoms with Crippen LogP contribution in [0.3, 0.4) is 0 Å². The first kappa shape index (κ1) is 23.2. The molecule has 0 atom stereocenters. The zero-order valence-electron chi connectivity index (χ0n) is 18.5. The average Bonchev–Trinajstić information content (AvgIpc) is 3.02. The van der Waals surface area contributed by atoms with Crippen LogP contribution in [-0.2, 0) is 32.2 Å². The Morgan fingerprint density at radius 1 is 1.17 bits per heavy atom. The molecule has 29 heavy (non-hydrogen) atoms. The highest BCUT2D eigenvalue weighted by Crippen LogP contribution is 2.31. The number of hydrogen-bond acceptors (Lipinski definition) is 6. The number of nitrogens with zero attached hydrogens (tertiary/aromatic N) is 2. The third-order valence-corrected chi connectivity index (χ3v) is 4.45. The first-order valence-corrected chi connectivity index (χ1v) is 9.86. The summed E-state index contributed by atoms with van der Waals surface area (Å²) in [4.78, 5) is 14.3. The van der Waals surface area contributed by atoms with Gasteiger partial charge in [-0.2, -0.15) is 0 Å². The van der Waals surface area contributed by atoms with Gasteiger partial charge >= 0.3 is 5.97 Å². The second kappa shape index (κ2) is 10.6. The Hall–Kier alpha value is -2.09. The van der Waals surface area contributed by atoms with Crippen LogP contribution < -0.4 is 4.74 Å². The van der Waals surface area contributed by atoms with Crippen LogP contribution in [0.2, 0.25) is 0 Å². The topological polar surface area (TPSA) is 62.2 Å². The Kier molecular flexibility index (Phi) is 8.49. The van der Waals surface area contributed by atoms with Gasteiger partial charge in [-0.05, 0) is 59.0 Å². The molecule has 0 amide bonds. The quantitative estimate of drug-likeness (QED) is 0.324. The van der Waals surface area contributed by atoms with Crippen LogP contribution in [0.4, 0.5) is 0 Å². The zero-order valence-corrected chi connectivity index (χ0v) is 18.5. The fourth-order valence-corrected chi connectivity index (χ4v) is 2.82. The Morgan fingerprint density at radius 2 is 1.93 bits per heavy atom. The molecule has 0 aliphatic carbocycles. The van der Waals surface area contributed by atoms with Crippen molar-refractivity contribution in [1.82, 2.24) is 9.47 Å². The Balaban J connectivity index is 2.25. The molecule has 0 fully saturated rings.